The van der Waals surface area contributed by atoms with Crippen LogP contribution in [0.1, 0.15) is 5.56 Å². The molecule has 0 saturated heterocycles. The molecule has 0 aliphatic carbocycles. The van der Waals surface area contributed by atoms with Gasteiger partial charge in [0.05, 0.1) is 0 Å². The first-order valence-corrected chi connectivity index (χ1v) is 5.31. The first-order valence-electron chi connectivity index (χ1n) is 5.31. The molecule has 0 aliphatic rings. The molecule has 0 saturated carbocycles. The predicted octanol–water partition coefficient (Wildman–Crippen LogP) is 1.48. The molecule has 15 heavy (non-hydrogen) atoms. The van der Waals surface area contributed by atoms with Crippen molar-refractivity contribution in [1.82, 2.24) is 15.6 Å². The summed E-state index contributed by atoms with van der Waals surface area (Å²) in [6.45, 7) is 2.93. The number of hydrogen-bond donors (Lipinski definition) is 3. The molecule has 0 unspecified atom stereocenters. The maximum atomic E-state index is 3.38. The SMILES string of the molecule is CNCCNCc1ccc2cc[nH]c2c1. The molecule has 0 radical (unpaired) electrons. The van der Waals surface area contributed by atoms with Crippen molar-refractivity contribution >= 4 is 10.9 Å². The van der Waals surface area contributed by atoms with E-state index in [9.17, 15) is 0 Å². The average Bonchev–Trinajstić information content (AvgIpc) is 2.71. The van der Waals surface area contributed by atoms with Crippen LogP contribution in [0.15, 0.2) is 30.5 Å². The van der Waals surface area contributed by atoms with Crippen LogP contribution in [-0.4, -0.2) is 25.1 Å². The Morgan fingerprint density at radius 1 is 1.20 bits per heavy atom. The van der Waals surface area contributed by atoms with Crippen LogP contribution in [0, 0.1) is 0 Å². The Balaban J connectivity index is 1.96. The second-order valence-corrected chi connectivity index (χ2v) is 3.68. The van der Waals surface area contributed by atoms with Gasteiger partial charge < -0.3 is 15.6 Å². The molecule has 0 amide bonds. The van der Waals surface area contributed by atoms with Gasteiger partial charge in [-0.25, -0.2) is 0 Å². The predicted molar refractivity (Wildman–Crippen MR) is 63.9 cm³/mol. The van der Waals surface area contributed by atoms with Gasteiger partial charge in [-0.2, -0.15) is 0 Å². The summed E-state index contributed by atoms with van der Waals surface area (Å²) in [4.78, 5) is 3.22. The quantitative estimate of drug-likeness (QED) is 0.644. The van der Waals surface area contributed by atoms with Crippen LogP contribution in [-0.2, 0) is 6.54 Å². The molecule has 0 bridgehead atoms. The van der Waals surface area contributed by atoms with Crippen LogP contribution in [0.5, 0.6) is 0 Å². The van der Waals surface area contributed by atoms with Crippen LogP contribution in [0.3, 0.4) is 0 Å². The van der Waals surface area contributed by atoms with E-state index in [1.54, 1.807) is 0 Å². The van der Waals surface area contributed by atoms with Crippen LogP contribution in [0.2, 0.25) is 0 Å². The van der Waals surface area contributed by atoms with E-state index in [0.29, 0.717) is 0 Å². The third-order valence-corrected chi connectivity index (χ3v) is 2.50. The van der Waals surface area contributed by atoms with Crippen LogP contribution >= 0.6 is 0 Å². The summed E-state index contributed by atoms with van der Waals surface area (Å²) in [7, 11) is 1.96. The smallest absolute Gasteiger partial charge is 0.0457 e. The Morgan fingerprint density at radius 2 is 2.13 bits per heavy atom. The summed E-state index contributed by atoms with van der Waals surface area (Å²) < 4.78 is 0. The van der Waals surface area contributed by atoms with E-state index >= 15 is 0 Å². The van der Waals surface area contributed by atoms with Gasteiger partial charge in [0.1, 0.15) is 0 Å². The van der Waals surface area contributed by atoms with Crippen molar-refractivity contribution in [2.24, 2.45) is 0 Å². The molecule has 3 N–H and O–H groups in total. The van der Waals surface area contributed by atoms with E-state index in [4.69, 9.17) is 0 Å². The van der Waals surface area contributed by atoms with Crippen molar-refractivity contribution in [2.45, 2.75) is 6.54 Å². The van der Waals surface area contributed by atoms with Gasteiger partial charge in [-0.15, -0.1) is 0 Å². The maximum Gasteiger partial charge on any atom is 0.0457 e. The summed E-state index contributed by atoms with van der Waals surface area (Å²) >= 11 is 0. The lowest BCUT2D eigenvalue weighted by Crippen LogP contribution is -2.24. The molecular formula is C12H17N3. The molecule has 2 rings (SSSR count). The molecule has 1 heterocycles. The number of fused-ring (bicyclic) bond motifs is 1. The van der Waals surface area contributed by atoms with Crippen molar-refractivity contribution < 1.29 is 0 Å². The van der Waals surface area contributed by atoms with Gasteiger partial charge >= 0.3 is 0 Å². The molecule has 0 atom stereocenters. The standard InChI is InChI=1S/C12H17N3/c1-13-6-7-14-9-10-2-3-11-4-5-15-12(11)8-10/h2-5,8,13-15H,6-7,9H2,1H3. The molecule has 3 nitrogen and oxygen atoms in total. The topological polar surface area (TPSA) is 39.8 Å². The van der Waals surface area contributed by atoms with E-state index in [2.05, 4.69) is 39.9 Å². The van der Waals surface area contributed by atoms with Crippen molar-refractivity contribution in [3.8, 4) is 0 Å². The number of likely N-dealkylation sites (N-methyl/N-ethyl adjacent to an activating group) is 1. The second-order valence-electron chi connectivity index (χ2n) is 3.68. The number of benzene rings is 1. The maximum absolute atomic E-state index is 3.38. The molecule has 1 aromatic carbocycles. The monoisotopic (exact) mass is 203 g/mol. The number of rotatable bonds is 5. The Bertz CT molecular complexity index is 419. The minimum absolute atomic E-state index is 0.927. The van der Waals surface area contributed by atoms with Gasteiger partial charge in [-0.3, -0.25) is 0 Å². The first kappa shape index (κ1) is 10.2. The fourth-order valence-corrected chi connectivity index (χ4v) is 1.65. The number of aromatic amines is 1. The molecule has 0 fully saturated rings. The zero-order valence-electron chi connectivity index (χ0n) is 9.01. The van der Waals surface area contributed by atoms with Gasteiger partial charge in [0, 0.05) is 31.3 Å². The highest BCUT2D eigenvalue weighted by molar-refractivity contribution is 5.79. The summed E-state index contributed by atoms with van der Waals surface area (Å²) in [6, 6.07) is 8.61. The van der Waals surface area contributed by atoms with Crippen molar-refractivity contribution in [3.05, 3.63) is 36.0 Å². The zero-order valence-corrected chi connectivity index (χ0v) is 9.01. The Kier molecular flexibility index (Phi) is 3.37. The second kappa shape index (κ2) is 4.96. The lowest BCUT2D eigenvalue weighted by molar-refractivity contribution is 0.651. The third-order valence-electron chi connectivity index (χ3n) is 2.50. The van der Waals surface area contributed by atoms with Crippen molar-refractivity contribution in [2.75, 3.05) is 20.1 Å². The largest absolute Gasteiger partial charge is 0.361 e. The minimum atomic E-state index is 0.927. The molecule has 80 valence electrons. The highest BCUT2D eigenvalue weighted by Gasteiger charge is 1.96. The molecule has 2 aromatic rings. The minimum Gasteiger partial charge on any atom is -0.361 e. The average molecular weight is 203 g/mol. The summed E-state index contributed by atoms with van der Waals surface area (Å²) in [5.41, 5.74) is 2.53. The lowest BCUT2D eigenvalue weighted by atomic mass is 10.1. The van der Waals surface area contributed by atoms with E-state index in [-0.39, 0.29) is 0 Å². The molecule has 3 heteroatoms. The van der Waals surface area contributed by atoms with Crippen LogP contribution in [0.25, 0.3) is 10.9 Å². The van der Waals surface area contributed by atoms with Gasteiger partial charge in [-0.05, 0) is 30.1 Å². The fraction of sp³-hybridized carbons (Fsp3) is 0.333. The lowest BCUT2D eigenvalue weighted by Gasteiger charge is -2.04. The van der Waals surface area contributed by atoms with Crippen LogP contribution < -0.4 is 10.6 Å². The normalized spacial score (nSPS) is 11.0. The number of hydrogen-bond acceptors (Lipinski definition) is 2. The number of aromatic nitrogens is 1. The zero-order chi connectivity index (χ0) is 10.5. The van der Waals surface area contributed by atoms with Gasteiger partial charge in [0.25, 0.3) is 0 Å². The number of nitrogens with one attached hydrogen (secondary N) is 3. The fourth-order valence-electron chi connectivity index (χ4n) is 1.65. The Morgan fingerprint density at radius 3 is 3.00 bits per heavy atom. The van der Waals surface area contributed by atoms with E-state index in [0.717, 1.165) is 19.6 Å². The van der Waals surface area contributed by atoms with Crippen LogP contribution in [0.4, 0.5) is 0 Å². The molecule has 0 spiro atoms. The molecular weight excluding hydrogens is 186 g/mol. The van der Waals surface area contributed by atoms with Gasteiger partial charge in [0.15, 0.2) is 0 Å². The van der Waals surface area contributed by atoms with E-state index < -0.39 is 0 Å². The summed E-state index contributed by atoms with van der Waals surface area (Å²) in [6.07, 6.45) is 1.98. The van der Waals surface area contributed by atoms with Gasteiger partial charge in [-0.1, -0.05) is 12.1 Å². The van der Waals surface area contributed by atoms with Crippen molar-refractivity contribution in [1.29, 1.82) is 0 Å². The molecule has 1 aromatic heterocycles. The highest BCUT2D eigenvalue weighted by Crippen LogP contribution is 2.13. The summed E-state index contributed by atoms with van der Waals surface area (Å²) in [5, 5.41) is 7.77. The van der Waals surface area contributed by atoms with E-state index in [1.807, 2.05) is 13.2 Å². The highest BCUT2D eigenvalue weighted by atomic mass is 14.9. The first-order chi connectivity index (χ1) is 7.40. The third kappa shape index (κ3) is 2.58. The summed E-state index contributed by atoms with van der Waals surface area (Å²) in [5.74, 6) is 0. The van der Waals surface area contributed by atoms with Crippen molar-refractivity contribution in [3.63, 3.8) is 0 Å². The Labute approximate surface area is 89.9 Å². The van der Waals surface area contributed by atoms with Gasteiger partial charge in [0.2, 0.25) is 0 Å². The van der Waals surface area contributed by atoms with E-state index in [1.165, 1.54) is 16.5 Å². The Hall–Kier alpha value is -1.32. The number of H-pyrrole nitrogens is 1. The molecule has 0 aliphatic heterocycles.